The van der Waals surface area contributed by atoms with E-state index in [1.165, 1.54) is 16.7 Å². The van der Waals surface area contributed by atoms with Crippen molar-refractivity contribution < 1.29 is 9.53 Å². The summed E-state index contributed by atoms with van der Waals surface area (Å²) in [5.74, 6) is -0.244. The van der Waals surface area contributed by atoms with Crippen molar-refractivity contribution >= 4 is 12.0 Å². The van der Waals surface area contributed by atoms with E-state index < -0.39 is 0 Å². The topological polar surface area (TPSA) is 26.3 Å². The van der Waals surface area contributed by atoms with Gasteiger partial charge in [-0.3, -0.25) is 0 Å². The molecule has 0 aliphatic carbocycles. The van der Waals surface area contributed by atoms with Crippen LogP contribution in [0.4, 0.5) is 0 Å². The van der Waals surface area contributed by atoms with Gasteiger partial charge in [0.1, 0.15) is 0 Å². The van der Waals surface area contributed by atoms with Crippen molar-refractivity contribution in [1.82, 2.24) is 0 Å². The predicted molar refractivity (Wildman–Crippen MR) is 70.9 cm³/mol. The molecule has 1 aromatic rings. The molecule has 0 saturated heterocycles. The van der Waals surface area contributed by atoms with E-state index in [-0.39, 0.29) is 5.97 Å². The van der Waals surface area contributed by atoms with Gasteiger partial charge >= 0.3 is 5.97 Å². The maximum atomic E-state index is 11.5. The van der Waals surface area contributed by atoms with E-state index in [4.69, 9.17) is 4.74 Å². The third-order valence-corrected chi connectivity index (χ3v) is 2.70. The Kier molecular flexibility index (Phi) is 4.50. The summed E-state index contributed by atoms with van der Waals surface area (Å²) in [6, 6.07) is 4.24. The van der Waals surface area contributed by atoms with Gasteiger partial charge in [0, 0.05) is 5.57 Å². The number of hydrogen-bond donors (Lipinski definition) is 0. The molecule has 0 unspecified atom stereocenters. The van der Waals surface area contributed by atoms with Gasteiger partial charge in [0.2, 0.25) is 0 Å². The molecule has 0 aromatic heterocycles. The van der Waals surface area contributed by atoms with E-state index in [1.807, 2.05) is 13.0 Å². The van der Waals surface area contributed by atoms with Crippen molar-refractivity contribution in [1.29, 1.82) is 0 Å². The van der Waals surface area contributed by atoms with Gasteiger partial charge in [0.05, 0.1) is 6.61 Å². The van der Waals surface area contributed by atoms with Crippen molar-refractivity contribution in [2.24, 2.45) is 0 Å². The van der Waals surface area contributed by atoms with Crippen LogP contribution >= 0.6 is 0 Å². The van der Waals surface area contributed by atoms with Gasteiger partial charge in [-0.25, -0.2) is 4.79 Å². The minimum Gasteiger partial charge on any atom is -0.463 e. The second kappa shape index (κ2) is 5.67. The van der Waals surface area contributed by atoms with Crippen molar-refractivity contribution in [3.63, 3.8) is 0 Å². The maximum Gasteiger partial charge on any atom is 0.333 e. The van der Waals surface area contributed by atoms with Crippen LogP contribution in [0.15, 0.2) is 17.7 Å². The molecule has 0 bridgehead atoms. The summed E-state index contributed by atoms with van der Waals surface area (Å²) in [5, 5.41) is 0. The Bertz CT molecular complexity index is 433. The minimum absolute atomic E-state index is 0.244. The van der Waals surface area contributed by atoms with Gasteiger partial charge < -0.3 is 4.74 Å². The summed E-state index contributed by atoms with van der Waals surface area (Å²) in [5.41, 5.74) is 5.37. The Morgan fingerprint density at radius 1 is 1.24 bits per heavy atom. The largest absolute Gasteiger partial charge is 0.463 e. The lowest BCUT2D eigenvalue weighted by Gasteiger charge is -2.08. The Morgan fingerprint density at radius 2 is 1.76 bits per heavy atom. The normalized spacial score (nSPS) is 11.5. The zero-order valence-corrected chi connectivity index (χ0v) is 11.3. The second-order valence-electron chi connectivity index (χ2n) is 4.36. The van der Waals surface area contributed by atoms with Crippen LogP contribution in [-0.2, 0) is 9.53 Å². The van der Waals surface area contributed by atoms with E-state index in [9.17, 15) is 4.79 Å². The lowest BCUT2D eigenvalue weighted by atomic mass is 9.98. The summed E-state index contributed by atoms with van der Waals surface area (Å²) >= 11 is 0. The molecule has 0 amide bonds. The average Bonchev–Trinajstić information content (AvgIpc) is 2.23. The third-order valence-electron chi connectivity index (χ3n) is 2.70. The molecular formula is C15H20O2. The lowest BCUT2D eigenvalue weighted by molar-refractivity contribution is -0.138. The molecule has 0 fully saturated rings. The van der Waals surface area contributed by atoms with E-state index >= 15 is 0 Å². The predicted octanol–water partition coefficient (Wildman–Crippen LogP) is 3.58. The summed E-state index contributed by atoms with van der Waals surface area (Å²) < 4.78 is 4.97. The SMILES string of the molecule is CCOC(=O)C(C)=Cc1c(C)cc(C)cc1C. The van der Waals surface area contributed by atoms with Gasteiger partial charge in [-0.15, -0.1) is 0 Å². The molecule has 0 aliphatic heterocycles. The Balaban J connectivity index is 3.10. The van der Waals surface area contributed by atoms with Crippen molar-refractivity contribution in [2.45, 2.75) is 34.6 Å². The molecule has 2 heteroatoms. The molecule has 0 saturated carbocycles. The third kappa shape index (κ3) is 3.45. The highest BCUT2D eigenvalue weighted by Crippen LogP contribution is 2.19. The minimum atomic E-state index is -0.244. The number of rotatable bonds is 3. The number of esters is 1. The summed E-state index contributed by atoms with van der Waals surface area (Å²) in [4.78, 5) is 11.5. The zero-order valence-electron chi connectivity index (χ0n) is 11.3. The Labute approximate surface area is 103 Å². The van der Waals surface area contributed by atoms with Crippen LogP contribution in [0, 0.1) is 20.8 Å². The van der Waals surface area contributed by atoms with E-state index in [0.29, 0.717) is 12.2 Å². The van der Waals surface area contributed by atoms with Crippen LogP contribution < -0.4 is 0 Å². The number of carbonyl (C=O) groups excluding carboxylic acids is 1. The van der Waals surface area contributed by atoms with Crippen LogP contribution in [-0.4, -0.2) is 12.6 Å². The molecule has 0 spiro atoms. The quantitative estimate of drug-likeness (QED) is 0.588. The first-order chi connectivity index (χ1) is 7.95. The highest BCUT2D eigenvalue weighted by Gasteiger charge is 2.07. The van der Waals surface area contributed by atoms with Gasteiger partial charge in [-0.1, -0.05) is 17.7 Å². The van der Waals surface area contributed by atoms with Crippen molar-refractivity contribution in [2.75, 3.05) is 6.61 Å². The maximum absolute atomic E-state index is 11.5. The smallest absolute Gasteiger partial charge is 0.333 e. The van der Waals surface area contributed by atoms with Crippen LogP contribution in [0.1, 0.15) is 36.1 Å². The molecule has 1 rings (SSSR count). The van der Waals surface area contributed by atoms with Crippen LogP contribution in [0.3, 0.4) is 0 Å². The first-order valence-electron chi connectivity index (χ1n) is 5.89. The van der Waals surface area contributed by atoms with E-state index in [0.717, 1.165) is 5.56 Å². The fourth-order valence-corrected chi connectivity index (χ4v) is 1.94. The second-order valence-corrected chi connectivity index (χ2v) is 4.36. The van der Waals surface area contributed by atoms with Gasteiger partial charge in [0.15, 0.2) is 0 Å². The molecule has 0 radical (unpaired) electrons. The molecule has 0 N–H and O–H groups in total. The van der Waals surface area contributed by atoms with Gasteiger partial charge in [-0.05, 0) is 57.4 Å². The zero-order chi connectivity index (χ0) is 13.0. The highest BCUT2D eigenvalue weighted by atomic mass is 16.5. The molecule has 0 heterocycles. The van der Waals surface area contributed by atoms with Crippen molar-refractivity contribution in [3.05, 3.63) is 40.0 Å². The monoisotopic (exact) mass is 232 g/mol. The Hall–Kier alpha value is -1.57. The molecule has 17 heavy (non-hydrogen) atoms. The Morgan fingerprint density at radius 3 is 2.24 bits per heavy atom. The van der Waals surface area contributed by atoms with E-state index in [2.05, 4.69) is 32.9 Å². The van der Waals surface area contributed by atoms with Gasteiger partial charge in [0.25, 0.3) is 0 Å². The van der Waals surface area contributed by atoms with E-state index in [1.54, 1.807) is 6.92 Å². The number of ether oxygens (including phenoxy) is 1. The first-order valence-corrected chi connectivity index (χ1v) is 5.89. The number of carbonyl (C=O) groups is 1. The van der Waals surface area contributed by atoms with Crippen LogP contribution in [0.5, 0.6) is 0 Å². The molecule has 92 valence electrons. The van der Waals surface area contributed by atoms with Crippen LogP contribution in [0.2, 0.25) is 0 Å². The molecule has 0 atom stereocenters. The number of aryl methyl sites for hydroxylation is 3. The first kappa shape index (κ1) is 13.5. The molecular weight excluding hydrogens is 212 g/mol. The number of hydrogen-bond acceptors (Lipinski definition) is 2. The standard InChI is InChI=1S/C15H20O2/c1-6-17-15(16)13(5)9-14-11(3)7-10(2)8-12(14)4/h7-9H,6H2,1-5H3. The van der Waals surface area contributed by atoms with Crippen molar-refractivity contribution in [3.8, 4) is 0 Å². The average molecular weight is 232 g/mol. The number of benzene rings is 1. The van der Waals surface area contributed by atoms with Gasteiger partial charge in [-0.2, -0.15) is 0 Å². The molecule has 2 nitrogen and oxygen atoms in total. The fourth-order valence-electron chi connectivity index (χ4n) is 1.94. The summed E-state index contributed by atoms with van der Waals surface area (Å²) in [6.45, 7) is 10.2. The summed E-state index contributed by atoms with van der Waals surface area (Å²) in [7, 11) is 0. The lowest BCUT2D eigenvalue weighted by Crippen LogP contribution is -2.05. The van der Waals surface area contributed by atoms with Crippen LogP contribution in [0.25, 0.3) is 6.08 Å². The fraction of sp³-hybridized carbons (Fsp3) is 0.400. The molecule has 0 aliphatic rings. The molecule has 1 aromatic carbocycles. The highest BCUT2D eigenvalue weighted by molar-refractivity contribution is 5.93. The summed E-state index contributed by atoms with van der Waals surface area (Å²) in [6.07, 6.45) is 1.90.